The number of ketones is 2. The molecule has 0 unspecified atom stereocenters. The number of benzene rings is 2. The highest BCUT2D eigenvalue weighted by Crippen LogP contribution is 2.29. The lowest BCUT2D eigenvalue weighted by Gasteiger charge is -2.20. The highest BCUT2D eigenvalue weighted by molar-refractivity contribution is 7.12. The van der Waals surface area contributed by atoms with Crippen molar-refractivity contribution in [3.8, 4) is 5.75 Å². The molecule has 0 spiro atoms. The van der Waals surface area contributed by atoms with Crippen molar-refractivity contribution in [2.45, 2.75) is 12.5 Å². The quantitative estimate of drug-likeness (QED) is 0.345. The predicted octanol–water partition coefficient (Wildman–Crippen LogP) is 4.89. The molecule has 1 N–H and O–H groups in total. The molecule has 1 aromatic heterocycles. The van der Waals surface area contributed by atoms with Crippen LogP contribution < -0.4 is 10.1 Å². The Morgan fingerprint density at radius 3 is 2.48 bits per heavy atom. The highest BCUT2D eigenvalue weighted by Gasteiger charge is 2.26. The molecule has 3 aromatic rings. The predicted molar refractivity (Wildman–Crippen MR) is 120 cm³/mol. The van der Waals surface area contributed by atoms with Gasteiger partial charge in [0.15, 0.2) is 12.4 Å². The van der Waals surface area contributed by atoms with E-state index in [4.69, 9.17) is 21.1 Å². The lowest BCUT2D eigenvalue weighted by Crippen LogP contribution is -2.35. The molecule has 6 nitrogen and oxygen atoms in total. The zero-order valence-corrected chi connectivity index (χ0v) is 18.2. The molecule has 3 rings (SSSR count). The Bertz CT molecular complexity index is 1050. The molecule has 0 aliphatic rings. The van der Waals surface area contributed by atoms with Gasteiger partial charge in [0, 0.05) is 17.0 Å². The number of carbonyl (C=O) groups excluding carboxylic acids is 3. The molecule has 0 amide bonds. The van der Waals surface area contributed by atoms with Gasteiger partial charge in [0.1, 0.15) is 11.8 Å². The third-order valence-electron chi connectivity index (χ3n) is 4.40. The molecule has 1 heterocycles. The van der Waals surface area contributed by atoms with E-state index in [2.05, 4.69) is 5.32 Å². The van der Waals surface area contributed by atoms with Crippen molar-refractivity contribution in [1.29, 1.82) is 0 Å². The molecule has 0 bridgehead atoms. The van der Waals surface area contributed by atoms with E-state index in [9.17, 15) is 14.4 Å². The fourth-order valence-corrected chi connectivity index (χ4v) is 3.67. The molecule has 0 saturated heterocycles. The van der Waals surface area contributed by atoms with Gasteiger partial charge in [0.2, 0.25) is 5.78 Å². The van der Waals surface area contributed by atoms with Gasteiger partial charge in [-0.3, -0.25) is 9.59 Å². The molecule has 0 aliphatic carbocycles. The smallest absolute Gasteiger partial charge is 0.329 e. The van der Waals surface area contributed by atoms with Gasteiger partial charge in [-0.1, -0.05) is 48.0 Å². The van der Waals surface area contributed by atoms with Crippen LogP contribution in [-0.2, 0) is 9.53 Å². The van der Waals surface area contributed by atoms with E-state index in [1.165, 1.54) is 18.4 Å². The largest absolute Gasteiger partial charge is 0.495 e. The average molecular weight is 458 g/mol. The second-order valence-corrected chi connectivity index (χ2v) is 7.93. The number of halogens is 1. The minimum absolute atomic E-state index is 0.175. The zero-order valence-electron chi connectivity index (χ0n) is 16.7. The van der Waals surface area contributed by atoms with Crippen LogP contribution in [0.2, 0.25) is 5.02 Å². The molecule has 0 aliphatic heterocycles. The Morgan fingerprint density at radius 2 is 1.81 bits per heavy atom. The van der Waals surface area contributed by atoms with E-state index < -0.39 is 18.6 Å². The monoisotopic (exact) mass is 457 g/mol. The number of rotatable bonds is 10. The van der Waals surface area contributed by atoms with Crippen molar-refractivity contribution >= 4 is 46.2 Å². The lowest BCUT2D eigenvalue weighted by atomic mass is 10.0. The summed E-state index contributed by atoms with van der Waals surface area (Å²) in [6.45, 7) is -0.413. The van der Waals surface area contributed by atoms with Gasteiger partial charge in [0.05, 0.1) is 17.7 Å². The van der Waals surface area contributed by atoms with E-state index >= 15 is 0 Å². The van der Waals surface area contributed by atoms with Crippen molar-refractivity contribution < 1.29 is 23.9 Å². The summed E-state index contributed by atoms with van der Waals surface area (Å²) in [5, 5.41) is 5.18. The average Bonchev–Trinajstić information content (AvgIpc) is 3.32. The Morgan fingerprint density at radius 1 is 1.03 bits per heavy atom. The Hall–Kier alpha value is -3.16. The molecule has 0 radical (unpaired) electrons. The Labute approximate surface area is 188 Å². The van der Waals surface area contributed by atoms with Gasteiger partial charge < -0.3 is 14.8 Å². The van der Waals surface area contributed by atoms with Crippen LogP contribution in [0.5, 0.6) is 5.75 Å². The number of anilines is 1. The molecular weight excluding hydrogens is 438 g/mol. The number of hydrogen-bond acceptors (Lipinski definition) is 7. The van der Waals surface area contributed by atoms with Crippen LogP contribution in [0.15, 0.2) is 66.0 Å². The topological polar surface area (TPSA) is 81.7 Å². The van der Waals surface area contributed by atoms with Gasteiger partial charge in [-0.2, -0.15) is 0 Å². The van der Waals surface area contributed by atoms with Crippen molar-refractivity contribution in [1.82, 2.24) is 0 Å². The van der Waals surface area contributed by atoms with Gasteiger partial charge in [0.25, 0.3) is 0 Å². The standard InChI is InChI=1S/C23H20ClNO5S/c1-29-21-10-9-16(24)12-17(21)25-18(13-19(26)15-6-3-2-4-7-15)23(28)30-14-20(27)22-8-5-11-31-22/h2-12,18,25H,13-14H2,1H3/t18-/m0/s1. The van der Waals surface area contributed by atoms with Crippen LogP contribution in [0.4, 0.5) is 5.69 Å². The lowest BCUT2D eigenvalue weighted by molar-refractivity contribution is -0.143. The number of hydrogen-bond donors (Lipinski definition) is 1. The Balaban J connectivity index is 1.77. The molecule has 1 atom stereocenters. The minimum atomic E-state index is -1.05. The SMILES string of the molecule is COc1ccc(Cl)cc1N[C@@H](CC(=O)c1ccccc1)C(=O)OCC(=O)c1cccs1. The highest BCUT2D eigenvalue weighted by atomic mass is 35.5. The van der Waals surface area contributed by atoms with Crippen molar-refractivity contribution in [3.63, 3.8) is 0 Å². The maximum atomic E-state index is 12.8. The molecule has 0 saturated carbocycles. The molecular formula is C23H20ClNO5S. The summed E-state index contributed by atoms with van der Waals surface area (Å²) in [4.78, 5) is 38.2. The summed E-state index contributed by atoms with van der Waals surface area (Å²) in [5.74, 6) is -0.835. The molecule has 0 fully saturated rings. The minimum Gasteiger partial charge on any atom is -0.495 e. The summed E-state index contributed by atoms with van der Waals surface area (Å²) in [7, 11) is 1.48. The zero-order chi connectivity index (χ0) is 22.2. The van der Waals surface area contributed by atoms with Crippen LogP contribution in [-0.4, -0.2) is 37.3 Å². The van der Waals surface area contributed by atoms with Crippen LogP contribution in [0.3, 0.4) is 0 Å². The molecule has 160 valence electrons. The van der Waals surface area contributed by atoms with Gasteiger partial charge >= 0.3 is 5.97 Å². The summed E-state index contributed by atoms with van der Waals surface area (Å²) in [6, 6.07) is 15.9. The second-order valence-electron chi connectivity index (χ2n) is 6.54. The Kier molecular flexibility index (Phi) is 7.81. The second kappa shape index (κ2) is 10.7. The first kappa shape index (κ1) is 22.5. The summed E-state index contributed by atoms with van der Waals surface area (Å²) < 4.78 is 10.5. The number of methoxy groups -OCH3 is 1. The third kappa shape index (κ3) is 6.16. The fourth-order valence-electron chi connectivity index (χ4n) is 2.85. The van der Waals surface area contributed by atoms with Gasteiger partial charge in [-0.05, 0) is 29.6 Å². The van der Waals surface area contributed by atoms with Crippen LogP contribution in [0, 0.1) is 0 Å². The van der Waals surface area contributed by atoms with Crippen molar-refractivity contribution in [2.24, 2.45) is 0 Å². The van der Waals surface area contributed by atoms with E-state index in [1.807, 2.05) is 0 Å². The van der Waals surface area contributed by atoms with E-state index in [1.54, 1.807) is 66.0 Å². The number of carbonyl (C=O) groups is 3. The fraction of sp³-hybridized carbons (Fsp3) is 0.174. The number of nitrogens with one attached hydrogen (secondary N) is 1. The first-order valence-corrected chi connectivity index (χ1v) is 10.7. The van der Waals surface area contributed by atoms with Crippen LogP contribution in [0.1, 0.15) is 26.5 Å². The third-order valence-corrected chi connectivity index (χ3v) is 5.55. The molecule has 8 heteroatoms. The normalized spacial score (nSPS) is 11.4. The maximum Gasteiger partial charge on any atom is 0.329 e. The maximum absolute atomic E-state index is 12.8. The summed E-state index contributed by atoms with van der Waals surface area (Å²) >= 11 is 7.34. The summed E-state index contributed by atoms with van der Waals surface area (Å²) in [5.41, 5.74) is 0.900. The van der Waals surface area contributed by atoms with Crippen LogP contribution >= 0.6 is 22.9 Å². The van der Waals surface area contributed by atoms with Gasteiger partial charge in [-0.15, -0.1) is 11.3 Å². The molecule has 2 aromatic carbocycles. The summed E-state index contributed by atoms with van der Waals surface area (Å²) in [6.07, 6.45) is -0.175. The van der Waals surface area contributed by atoms with Crippen LogP contribution in [0.25, 0.3) is 0 Å². The van der Waals surface area contributed by atoms with Crippen molar-refractivity contribution in [2.75, 3.05) is 19.0 Å². The van der Waals surface area contributed by atoms with Crippen molar-refractivity contribution in [3.05, 3.63) is 81.5 Å². The van der Waals surface area contributed by atoms with E-state index in [0.29, 0.717) is 26.9 Å². The first-order chi connectivity index (χ1) is 15.0. The number of esters is 1. The first-order valence-electron chi connectivity index (χ1n) is 9.39. The number of thiophene rings is 1. The molecule has 31 heavy (non-hydrogen) atoms. The number of ether oxygens (including phenoxy) is 2. The van der Waals surface area contributed by atoms with E-state index in [0.717, 1.165) is 0 Å². The number of Topliss-reactive ketones (excluding diaryl/α,β-unsaturated/α-hetero) is 2. The van der Waals surface area contributed by atoms with Gasteiger partial charge in [-0.25, -0.2) is 4.79 Å². The van der Waals surface area contributed by atoms with E-state index in [-0.39, 0.29) is 18.0 Å².